The number of methoxy groups -OCH3 is 1. The highest BCUT2D eigenvalue weighted by atomic mass is 79.9. The molecule has 0 aliphatic carbocycles. The molecule has 1 aromatic heterocycles. The Labute approximate surface area is 162 Å². The maximum absolute atomic E-state index is 12.5. The van der Waals surface area contributed by atoms with Gasteiger partial charge in [-0.05, 0) is 30.3 Å². The summed E-state index contributed by atoms with van der Waals surface area (Å²) in [7, 11) is 1.56. The molecule has 1 heterocycles. The van der Waals surface area contributed by atoms with E-state index in [2.05, 4.69) is 26.0 Å². The molecule has 2 aromatic carbocycles. The molecule has 0 atom stereocenters. The molecule has 3 rings (SSSR count). The van der Waals surface area contributed by atoms with Crippen molar-refractivity contribution in [3.63, 3.8) is 0 Å². The number of fused-ring (bicyclic) bond motifs is 1. The summed E-state index contributed by atoms with van der Waals surface area (Å²) >= 11 is 3.28. The molecule has 0 saturated carbocycles. The SMILES string of the molecule is COc1ccc2c(CC(=O)NCc3cc(Br)ccc3OC(F)F)coc2c1. The van der Waals surface area contributed by atoms with Gasteiger partial charge in [0.25, 0.3) is 0 Å². The largest absolute Gasteiger partial charge is 0.497 e. The second kappa shape index (κ2) is 8.39. The Hall–Kier alpha value is -2.61. The van der Waals surface area contributed by atoms with Crippen LogP contribution in [0.3, 0.4) is 0 Å². The van der Waals surface area contributed by atoms with Crippen LogP contribution < -0.4 is 14.8 Å². The second-order valence-corrected chi connectivity index (χ2v) is 6.62. The maximum atomic E-state index is 12.5. The quantitative estimate of drug-likeness (QED) is 0.581. The van der Waals surface area contributed by atoms with Gasteiger partial charge in [0.2, 0.25) is 5.91 Å². The number of carbonyl (C=O) groups is 1. The first kappa shape index (κ1) is 19.2. The van der Waals surface area contributed by atoms with E-state index in [1.54, 1.807) is 31.4 Å². The summed E-state index contributed by atoms with van der Waals surface area (Å²) < 4.78 is 40.8. The lowest BCUT2D eigenvalue weighted by molar-refractivity contribution is -0.120. The van der Waals surface area contributed by atoms with Gasteiger partial charge < -0.3 is 19.2 Å². The fourth-order valence-corrected chi connectivity index (χ4v) is 3.06. The highest BCUT2D eigenvalue weighted by Crippen LogP contribution is 2.27. The van der Waals surface area contributed by atoms with Crippen LogP contribution in [0.4, 0.5) is 8.78 Å². The third kappa shape index (κ3) is 4.77. The summed E-state index contributed by atoms with van der Waals surface area (Å²) in [5, 5.41) is 3.53. The minimum Gasteiger partial charge on any atom is -0.497 e. The van der Waals surface area contributed by atoms with Crippen molar-refractivity contribution in [2.75, 3.05) is 7.11 Å². The van der Waals surface area contributed by atoms with Gasteiger partial charge in [-0.3, -0.25) is 4.79 Å². The molecule has 0 saturated heterocycles. The number of hydrogen-bond acceptors (Lipinski definition) is 4. The van der Waals surface area contributed by atoms with E-state index in [0.29, 0.717) is 21.4 Å². The van der Waals surface area contributed by atoms with Crippen LogP contribution in [0.15, 0.2) is 51.6 Å². The molecule has 0 spiro atoms. The number of hydrogen-bond donors (Lipinski definition) is 1. The molecule has 5 nitrogen and oxygen atoms in total. The molecule has 3 aromatic rings. The van der Waals surface area contributed by atoms with Crippen LogP contribution in [0.2, 0.25) is 0 Å². The van der Waals surface area contributed by atoms with Crippen molar-refractivity contribution in [1.82, 2.24) is 5.32 Å². The molecule has 0 fully saturated rings. The van der Waals surface area contributed by atoms with E-state index >= 15 is 0 Å². The summed E-state index contributed by atoms with van der Waals surface area (Å²) in [6.07, 6.45) is 1.62. The second-order valence-electron chi connectivity index (χ2n) is 5.71. The van der Waals surface area contributed by atoms with Crippen LogP contribution in [-0.2, 0) is 17.8 Å². The van der Waals surface area contributed by atoms with Crippen LogP contribution in [-0.4, -0.2) is 19.6 Å². The van der Waals surface area contributed by atoms with Crippen LogP contribution in [0.25, 0.3) is 11.0 Å². The third-order valence-corrected chi connectivity index (χ3v) is 4.42. The predicted molar refractivity (Wildman–Crippen MR) is 99.1 cm³/mol. The van der Waals surface area contributed by atoms with E-state index < -0.39 is 6.61 Å². The van der Waals surface area contributed by atoms with Crippen molar-refractivity contribution in [3.8, 4) is 11.5 Å². The zero-order valence-electron chi connectivity index (χ0n) is 14.3. The number of nitrogens with one attached hydrogen (secondary N) is 1. The lowest BCUT2D eigenvalue weighted by Crippen LogP contribution is -2.25. The lowest BCUT2D eigenvalue weighted by Gasteiger charge is -2.12. The van der Waals surface area contributed by atoms with E-state index in [0.717, 1.165) is 10.9 Å². The fraction of sp³-hybridized carbons (Fsp3) is 0.211. The summed E-state index contributed by atoms with van der Waals surface area (Å²) in [5.41, 5.74) is 1.79. The molecule has 1 amide bonds. The molecule has 0 bridgehead atoms. The summed E-state index contributed by atoms with van der Waals surface area (Å²) in [6, 6.07) is 9.99. The first-order valence-electron chi connectivity index (χ1n) is 8.00. The number of alkyl halides is 2. The van der Waals surface area contributed by atoms with Crippen molar-refractivity contribution in [1.29, 1.82) is 0 Å². The summed E-state index contributed by atoms with van der Waals surface area (Å²) in [4.78, 5) is 12.3. The van der Waals surface area contributed by atoms with Gasteiger partial charge in [0, 0.05) is 33.6 Å². The van der Waals surface area contributed by atoms with Crippen LogP contribution in [0.5, 0.6) is 11.5 Å². The molecular weight excluding hydrogens is 424 g/mol. The Balaban J connectivity index is 1.68. The van der Waals surface area contributed by atoms with Gasteiger partial charge in [0.15, 0.2) is 0 Å². The molecule has 1 N–H and O–H groups in total. The Kier molecular flexibility index (Phi) is 5.95. The number of ether oxygens (including phenoxy) is 2. The third-order valence-electron chi connectivity index (χ3n) is 3.93. The lowest BCUT2D eigenvalue weighted by atomic mass is 10.1. The molecule has 0 aliphatic heterocycles. The van der Waals surface area contributed by atoms with Crippen molar-refractivity contribution >= 4 is 32.8 Å². The summed E-state index contributed by atoms with van der Waals surface area (Å²) in [5.74, 6) is 0.417. The number of halogens is 3. The number of rotatable bonds is 7. The smallest absolute Gasteiger partial charge is 0.387 e. The minimum absolute atomic E-state index is 0.0226. The molecule has 0 radical (unpaired) electrons. The number of amides is 1. The normalized spacial score (nSPS) is 11.0. The van der Waals surface area contributed by atoms with Gasteiger partial charge in [-0.2, -0.15) is 8.78 Å². The highest BCUT2D eigenvalue weighted by molar-refractivity contribution is 9.10. The topological polar surface area (TPSA) is 60.7 Å². The van der Waals surface area contributed by atoms with E-state index in [1.807, 2.05) is 6.07 Å². The monoisotopic (exact) mass is 439 g/mol. The molecule has 0 aliphatic rings. The number of furan rings is 1. The van der Waals surface area contributed by atoms with Crippen LogP contribution in [0, 0.1) is 0 Å². The maximum Gasteiger partial charge on any atom is 0.387 e. The van der Waals surface area contributed by atoms with Gasteiger partial charge in [0.05, 0.1) is 19.8 Å². The van der Waals surface area contributed by atoms with Crippen molar-refractivity contribution < 1.29 is 27.5 Å². The predicted octanol–water partition coefficient (Wildman–Crippen LogP) is 4.66. The Morgan fingerprint density at radius 3 is 2.78 bits per heavy atom. The van der Waals surface area contributed by atoms with E-state index in [1.165, 1.54) is 12.3 Å². The fourth-order valence-electron chi connectivity index (χ4n) is 2.65. The Morgan fingerprint density at radius 1 is 1.22 bits per heavy atom. The molecule has 142 valence electrons. The van der Waals surface area contributed by atoms with Crippen molar-refractivity contribution in [2.45, 2.75) is 19.6 Å². The van der Waals surface area contributed by atoms with Gasteiger partial charge >= 0.3 is 6.61 Å². The number of benzene rings is 2. The molecule has 8 heteroatoms. The van der Waals surface area contributed by atoms with E-state index in [9.17, 15) is 13.6 Å². The van der Waals surface area contributed by atoms with E-state index in [4.69, 9.17) is 9.15 Å². The van der Waals surface area contributed by atoms with Gasteiger partial charge in [-0.15, -0.1) is 0 Å². The number of carbonyl (C=O) groups excluding carboxylic acids is 1. The van der Waals surface area contributed by atoms with Gasteiger partial charge in [-0.25, -0.2) is 0 Å². The Morgan fingerprint density at radius 2 is 2.04 bits per heavy atom. The minimum atomic E-state index is -2.94. The van der Waals surface area contributed by atoms with E-state index in [-0.39, 0.29) is 24.6 Å². The van der Waals surface area contributed by atoms with Crippen LogP contribution in [0.1, 0.15) is 11.1 Å². The van der Waals surface area contributed by atoms with Crippen molar-refractivity contribution in [3.05, 3.63) is 58.3 Å². The average Bonchev–Trinajstić information content (AvgIpc) is 3.03. The summed E-state index contributed by atoms with van der Waals surface area (Å²) in [6.45, 7) is -2.88. The zero-order chi connectivity index (χ0) is 19.4. The van der Waals surface area contributed by atoms with Gasteiger partial charge in [0.1, 0.15) is 17.1 Å². The molecule has 27 heavy (non-hydrogen) atoms. The first-order chi connectivity index (χ1) is 13.0. The Bertz CT molecular complexity index is 958. The zero-order valence-corrected chi connectivity index (χ0v) is 15.9. The highest BCUT2D eigenvalue weighted by Gasteiger charge is 2.14. The first-order valence-corrected chi connectivity index (χ1v) is 8.79. The molecule has 0 unspecified atom stereocenters. The average molecular weight is 440 g/mol. The standard InChI is InChI=1S/C19H16BrF2NO4/c1-25-14-3-4-15-12(10-26-17(15)8-14)7-18(24)23-9-11-6-13(20)2-5-16(11)27-19(21)22/h2-6,8,10,19H,7,9H2,1H3,(H,23,24). The van der Waals surface area contributed by atoms with Crippen LogP contribution >= 0.6 is 15.9 Å². The van der Waals surface area contributed by atoms with Gasteiger partial charge in [-0.1, -0.05) is 15.9 Å². The molecular formula is C19H16BrF2NO4. The van der Waals surface area contributed by atoms with Crippen molar-refractivity contribution in [2.24, 2.45) is 0 Å².